The third-order valence-corrected chi connectivity index (χ3v) is 3.82. The van der Waals surface area contributed by atoms with E-state index >= 15 is 0 Å². The van der Waals surface area contributed by atoms with Crippen molar-refractivity contribution < 1.29 is 13.5 Å². The maximum Gasteiger partial charge on any atom is 0.126 e. The zero-order valence-corrected chi connectivity index (χ0v) is 11.6. The van der Waals surface area contributed by atoms with Crippen LogP contribution < -0.4 is 11.3 Å². The molecule has 0 bridgehead atoms. The average Bonchev–Trinajstić information content (AvgIpc) is 2.48. The number of hydrazine groups is 1. The molecule has 3 N–H and O–H groups in total. The van der Waals surface area contributed by atoms with E-state index in [1.807, 2.05) is 0 Å². The highest BCUT2D eigenvalue weighted by molar-refractivity contribution is 5.19. The molecule has 1 aromatic carbocycles. The molecule has 20 heavy (non-hydrogen) atoms. The van der Waals surface area contributed by atoms with Crippen molar-refractivity contribution in [3.63, 3.8) is 0 Å². The lowest BCUT2D eigenvalue weighted by atomic mass is 9.97. The van der Waals surface area contributed by atoms with E-state index in [1.165, 1.54) is 12.5 Å². The van der Waals surface area contributed by atoms with Crippen molar-refractivity contribution in [1.82, 2.24) is 5.43 Å². The van der Waals surface area contributed by atoms with E-state index in [0.29, 0.717) is 12.0 Å². The quantitative estimate of drug-likeness (QED) is 0.623. The normalized spacial score (nSPS) is 20.9. The Hall–Kier alpha value is -1.04. The summed E-state index contributed by atoms with van der Waals surface area (Å²) >= 11 is 0. The summed E-state index contributed by atoms with van der Waals surface area (Å²) in [6, 6.07) is 3.44. The molecule has 2 atom stereocenters. The number of rotatable bonds is 6. The van der Waals surface area contributed by atoms with Gasteiger partial charge in [-0.05, 0) is 62.3 Å². The predicted octanol–water partition coefficient (Wildman–Crippen LogP) is 2.69. The molecule has 3 nitrogen and oxygen atoms in total. The first-order valence-electron chi connectivity index (χ1n) is 7.20. The Bertz CT molecular complexity index is 422. The van der Waals surface area contributed by atoms with Gasteiger partial charge in [0.15, 0.2) is 0 Å². The topological polar surface area (TPSA) is 47.3 Å². The third kappa shape index (κ3) is 4.51. The maximum atomic E-state index is 13.6. The van der Waals surface area contributed by atoms with E-state index in [4.69, 9.17) is 10.6 Å². The molecule has 0 amide bonds. The number of hydrogen-bond acceptors (Lipinski definition) is 3. The van der Waals surface area contributed by atoms with Crippen LogP contribution in [0.3, 0.4) is 0 Å². The molecule has 0 aliphatic carbocycles. The Balaban J connectivity index is 1.86. The summed E-state index contributed by atoms with van der Waals surface area (Å²) in [6.45, 7) is 0.823. The van der Waals surface area contributed by atoms with Crippen molar-refractivity contribution in [2.45, 2.75) is 50.7 Å². The van der Waals surface area contributed by atoms with Crippen molar-refractivity contribution in [1.29, 1.82) is 0 Å². The molecule has 112 valence electrons. The number of ether oxygens (including phenoxy) is 1. The first kappa shape index (κ1) is 15.4. The summed E-state index contributed by atoms with van der Waals surface area (Å²) in [6.07, 6.45) is 5.74. The summed E-state index contributed by atoms with van der Waals surface area (Å²) in [5, 5.41) is 0. The van der Waals surface area contributed by atoms with Gasteiger partial charge in [0.25, 0.3) is 0 Å². The molecule has 2 rings (SSSR count). The fourth-order valence-corrected chi connectivity index (χ4v) is 2.63. The van der Waals surface area contributed by atoms with Gasteiger partial charge in [-0.25, -0.2) is 8.78 Å². The van der Waals surface area contributed by atoms with Crippen LogP contribution in [-0.4, -0.2) is 18.8 Å². The molecule has 0 radical (unpaired) electrons. The molecule has 0 aromatic heterocycles. The Morgan fingerprint density at radius 1 is 1.35 bits per heavy atom. The molecule has 1 aliphatic heterocycles. The molecule has 1 heterocycles. The Morgan fingerprint density at radius 3 is 2.90 bits per heavy atom. The SMILES string of the molecule is NNC(CCC1CCCCO1)Cc1cc(F)ccc1F. The number of nitrogens with two attached hydrogens (primary N) is 1. The average molecular weight is 284 g/mol. The smallest absolute Gasteiger partial charge is 0.126 e. The Kier molecular flexibility index (Phi) is 5.88. The van der Waals surface area contributed by atoms with Gasteiger partial charge in [-0.15, -0.1) is 0 Å². The van der Waals surface area contributed by atoms with E-state index in [0.717, 1.165) is 44.4 Å². The van der Waals surface area contributed by atoms with Gasteiger partial charge in [0.1, 0.15) is 11.6 Å². The molecular weight excluding hydrogens is 262 g/mol. The zero-order valence-electron chi connectivity index (χ0n) is 11.6. The molecule has 1 fully saturated rings. The second-order valence-electron chi connectivity index (χ2n) is 5.37. The number of halogens is 2. The second kappa shape index (κ2) is 7.67. The molecule has 0 saturated carbocycles. The van der Waals surface area contributed by atoms with Gasteiger partial charge in [0.05, 0.1) is 6.10 Å². The lowest BCUT2D eigenvalue weighted by molar-refractivity contribution is 0.00857. The van der Waals surface area contributed by atoms with E-state index in [2.05, 4.69) is 5.43 Å². The zero-order chi connectivity index (χ0) is 14.4. The highest BCUT2D eigenvalue weighted by Gasteiger charge is 2.17. The van der Waals surface area contributed by atoms with Crippen molar-refractivity contribution in [2.24, 2.45) is 5.84 Å². The third-order valence-electron chi connectivity index (χ3n) is 3.82. The van der Waals surface area contributed by atoms with Crippen LogP contribution in [0, 0.1) is 11.6 Å². The van der Waals surface area contributed by atoms with Crippen LogP contribution in [-0.2, 0) is 11.2 Å². The maximum absolute atomic E-state index is 13.6. The van der Waals surface area contributed by atoms with Crippen LogP contribution in [0.25, 0.3) is 0 Å². The standard InChI is InChI=1S/C15H22F2N2O/c16-12-4-7-15(17)11(9-12)10-13(19-18)5-6-14-3-1-2-8-20-14/h4,7,9,13-14,19H,1-3,5-6,8,10,18H2. The predicted molar refractivity (Wildman–Crippen MR) is 74.0 cm³/mol. The number of benzene rings is 1. The Morgan fingerprint density at radius 2 is 2.20 bits per heavy atom. The highest BCUT2D eigenvalue weighted by atomic mass is 19.1. The summed E-state index contributed by atoms with van der Waals surface area (Å²) in [5.41, 5.74) is 3.05. The number of hydrogen-bond donors (Lipinski definition) is 2. The van der Waals surface area contributed by atoms with Gasteiger partial charge in [-0.1, -0.05) is 0 Å². The molecule has 1 aliphatic rings. The molecule has 2 unspecified atom stereocenters. The summed E-state index contributed by atoms with van der Waals surface area (Å²) in [4.78, 5) is 0. The molecular formula is C15H22F2N2O. The van der Waals surface area contributed by atoms with Gasteiger partial charge in [-0.3, -0.25) is 11.3 Å². The van der Waals surface area contributed by atoms with Crippen LogP contribution in [0.2, 0.25) is 0 Å². The lowest BCUT2D eigenvalue weighted by Gasteiger charge is -2.24. The van der Waals surface area contributed by atoms with E-state index in [-0.39, 0.29) is 18.0 Å². The first-order valence-corrected chi connectivity index (χ1v) is 7.20. The highest BCUT2D eigenvalue weighted by Crippen LogP contribution is 2.19. The molecule has 5 heteroatoms. The van der Waals surface area contributed by atoms with E-state index < -0.39 is 5.82 Å². The van der Waals surface area contributed by atoms with Gasteiger partial charge >= 0.3 is 0 Å². The van der Waals surface area contributed by atoms with Crippen molar-refractivity contribution in [2.75, 3.05) is 6.61 Å². The minimum Gasteiger partial charge on any atom is -0.378 e. The first-order chi connectivity index (χ1) is 9.69. The largest absolute Gasteiger partial charge is 0.378 e. The lowest BCUT2D eigenvalue weighted by Crippen LogP contribution is -2.38. The Labute approximate surface area is 118 Å². The fourth-order valence-electron chi connectivity index (χ4n) is 2.63. The van der Waals surface area contributed by atoms with Crippen LogP contribution in [0.1, 0.15) is 37.7 Å². The van der Waals surface area contributed by atoms with Crippen molar-refractivity contribution >= 4 is 0 Å². The summed E-state index contributed by atoms with van der Waals surface area (Å²) in [5.74, 6) is 4.71. The van der Waals surface area contributed by atoms with E-state index in [9.17, 15) is 8.78 Å². The minimum atomic E-state index is -0.423. The molecule has 0 spiro atoms. The van der Waals surface area contributed by atoms with Gasteiger partial charge in [0.2, 0.25) is 0 Å². The van der Waals surface area contributed by atoms with Crippen LogP contribution >= 0.6 is 0 Å². The van der Waals surface area contributed by atoms with Gasteiger partial charge in [-0.2, -0.15) is 0 Å². The van der Waals surface area contributed by atoms with Crippen LogP contribution in [0.4, 0.5) is 8.78 Å². The van der Waals surface area contributed by atoms with Crippen LogP contribution in [0.15, 0.2) is 18.2 Å². The monoisotopic (exact) mass is 284 g/mol. The fraction of sp³-hybridized carbons (Fsp3) is 0.600. The summed E-state index contributed by atoms with van der Waals surface area (Å²) in [7, 11) is 0. The second-order valence-corrected chi connectivity index (χ2v) is 5.37. The van der Waals surface area contributed by atoms with Crippen LogP contribution in [0.5, 0.6) is 0 Å². The molecule has 1 aromatic rings. The van der Waals surface area contributed by atoms with Gasteiger partial charge < -0.3 is 4.74 Å². The van der Waals surface area contributed by atoms with Crippen molar-refractivity contribution in [3.05, 3.63) is 35.4 Å². The summed E-state index contributed by atoms with van der Waals surface area (Å²) < 4.78 is 32.4. The minimum absolute atomic E-state index is 0.0724. The van der Waals surface area contributed by atoms with E-state index in [1.54, 1.807) is 0 Å². The van der Waals surface area contributed by atoms with Crippen molar-refractivity contribution in [3.8, 4) is 0 Å². The number of nitrogens with one attached hydrogen (secondary N) is 1. The molecule has 1 saturated heterocycles. The van der Waals surface area contributed by atoms with Gasteiger partial charge in [0, 0.05) is 12.6 Å².